The Balaban J connectivity index is 1.95. The van der Waals surface area contributed by atoms with Gasteiger partial charge in [0.05, 0.1) is 28.2 Å². The summed E-state index contributed by atoms with van der Waals surface area (Å²) in [6, 6.07) is 11.6. The van der Waals surface area contributed by atoms with Crippen molar-refractivity contribution in [2.45, 2.75) is 20.4 Å². The summed E-state index contributed by atoms with van der Waals surface area (Å²) < 4.78 is 1.04. The fraction of sp³-hybridized carbons (Fsp3) is 0.222. The van der Waals surface area contributed by atoms with Crippen LogP contribution in [-0.2, 0) is 16.1 Å². The average Bonchev–Trinajstić information content (AvgIpc) is 3.04. The third-order valence-corrected chi connectivity index (χ3v) is 5.43. The van der Waals surface area contributed by atoms with Crippen molar-refractivity contribution in [3.05, 3.63) is 53.9 Å². The first-order chi connectivity index (χ1) is 12.0. The van der Waals surface area contributed by atoms with Gasteiger partial charge < -0.3 is 0 Å². The first-order valence-corrected chi connectivity index (χ1v) is 9.54. The van der Waals surface area contributed by atoms with Crippen LogP contribution in [0.4, 0.5) is 5.13 Å². The summed E-state index contributed by atoms with van der Waals surface area (Å²) in [5.41, 5.74) is 2.75. The maximum absolute atomic E-state index is 12.7. The van der Waals surface area contributed by atoms with E-state index in [1.165, 1.54) is 18.3 Å². The minimum absolute atomic E-state index is 0.0775. The Labute approximate surface area is 154 Å². The Morgan fingerprint density at radius 2 is 2.04 bits per heavy atom. The third-order valence-electron chi connectivity index (χ3n) is 3.59. The molecule has 0 atom stereocenters. The number of thiazole rings is 1. The van der Waals surface area contributed by atoms with Gasteiger partial charge in [0.25, 0.3) is 0 Å². The number of carbonyl (C=O) groups excluding carboxylic acids is 2. The highest BCUT2D eigenvalue weighted by Crippen LogP contribution is 2.31. The summed E-state index contributed by atoms with van der Waals surface area (Å²) in [6.45, 7) is 3.79. The number of anilines is 1. The quantitative estimate of drug-likeness (QED) is 0.682. The summed E-state index contributed by atoms with van der Waals surface area (Å²) in [7, 11) is 0. The third kappa shape index (κ3) is 4.24. The Kier molecular flexibility index (Phi) is 5.45. The van der Waals surface area contributed by atoms with Gasteiger partial charge in [-0.2, -0.15) is 0 Å². The molecule has 0 aliphatic heterocycles. The predicted molar refractivity (Wildman–Crippen MR) is 103 cm³/mol. The van der Waals surface area contributed by atoms with E-state index in [0.29, 0.717) is 11.7 Å². The molecule has 0 aliphatic rings. The topological polar surface area (TPSA) is 63.2 Å². The molecule has 0 saturated heterocycles. The lowest BCUT2D eigenvalue weighted by Crippen LogP contribution is -2.32. The van der Waals surface area contributed by atoms with Gasteiger partial charge in [-0.3, -0.25) is 19.5 Å². The molecule has 1 aromatic carbocycles. The van der Waals surface area contributed by atoms with Crippen LogP contribution >= 0.6 is 23.1 Å². The maximum atomic E-state index is 12.7. The molecule has 0 bridgehead atoms. The summed E-state index contributed by atoms with van der Waals surface area (Å²) in [5, 5.41) is 0.551. The Hall–Kier alpha value is -2.25. The zero-order valence-electron chi connectivity index (χ0n) is 13.9. The molecular weight excluding hydrogens is 354 g/mol. The number of benzene rings is 1. The van der Waals surface area contributed by atoms with Gasteiger partial charge in [-0.05, 0) is 30.7 Å². The van der Waals surface area contributed by atoms with Crippen LogP contribution in [0.25, 0.3) is 10.2 Å². The van der Waals surface area contributed by atoms with Crippen LogP contribution in [0.2, 0.25) is 0 Å². The number of aromatic nitrogens is 2. The van der Waals surface area contributed by atoms with E-state index in [1.807, 2.05) is 43.3 Å². The van der Waals surface area contributed by atoms with E-state index >= 15 is 0 Å². The molecule has 3 rings (SSSR count). The van der Waals surface area contributed by atoms with Gasteiger partial charge in [-0.25, -0.2) is 4.98 Å². The van der Waals surface area contributed by atoms with E-state index in [2.05, 4.69) is 9.97 Å². The van der Waals surface area contributed by atoms with E-state index in [1.54, 1.807) is 11.1 Å². The van der Waals surface area contributed by atoms with Gasteiger partial charge in [0.2, 0.25) is 5.91 Å². The van der Waals surface area contributed by atoms with E-state index in [-0.39, 0.29) is 16.8 Å². The van der Waals surface area contributed by atoms with Crippen molar-refractivity contribution in [1.29, 1.82) is 0 Å². The summed E-state index contributed by atoms with van der Waals surface area (Å²) in [5.74, 6) is -0.0561. The number of aryl methyl sites for hydroxylation is 1. The number of nitrogens with zero attached hydrogens (tertiary/aromatic N) is 3. The van der Waals surface area contributed by atoms with Crippen LogP contribution in [0.3, 0.4) is 0 Å². The summed E-state index contributed by atoms with van der Waals surface area (Å²) in [6.07, 6.45) is 1.70. The fourth-order valence-corrected chi connectivity index (χ4v) is 3.89. The van der Waals surface area contributed by atoms with E-state index < -0.39 is 0 Å². The second-order valence-electron chi connectivity index (χ2n) is 5.50. The number of hydrogen-bond donors (Lipinski definition) is 0. The van der Waals surface area contributed by atoms with Crippen LogP contribution in [0.5, 0.6) is 0 Å². The second kappa shape index (κ2) is 7.76. The summed E-state index contributed by atoms with van der Waals surface area (Å²) in [4.78, 5) is 34.5. The van der Waals surface area contributed by atoms with Crippen molar-refractivity contribution < 1.29 is 9.59 Å². The standard InChI is InChI=1S/C18H17N3O2S2/c1-12-6-5-8-15-17(12)20-18(25-15)21(16(23)11-24-13(2)22)10-14-7-3-4-9-19-14/h3-9H,10-11H2,1-2H3. The molecular formula is C18H17N3O2S2. The predicted octanol–water partition coefficient (Wildman–Crippen LogP) is 3.81. The van der Waals surface area contributed by atoms with Gasteiger partial charge >= 0.3 is 0 Å². The normalized spacial score (nSPS) is 10.8. The highest BCUT2D eigenvalue weighted by atomic mass is 32.2. The largest absolute Gasteiger partial charge is 0.288 e. The Morgan fingerprint density at radius 3 is 2.72 bits per heavy atom. The molecule has 0 unspecified atom stereocenters. The molecule has 2 aromatic heterocycles. The molecule has 0 fully saturated rings. The average molecular weight is 371 g/mol. The van der Waals surface area contributed by atoms with E-state index in [9.17, 15) is 9.59 Å². The highest BCUT2D eigenvalue weighted by molar-refractivity contribution is 8.14. The van der Waals surface area contributed by atoms with Crippen molar-refractivity contribution >= 4 is 49.5 Å². The van der Waals surface area contributed by atoms with Gasteiger partial charge in [-0.15, -0.1) is 0 Å². The molecule has 0 spiro atoms. The molecule has 0 N–H and O–H groups in total. The summed E-state index contributed by atoms with van der Waals surface area (Å²) >= 11 is 2.48. The lowest BCUT2D eigenvalue weighted by molar-refractivity contribution is -0.116. The van der Waals surface area contributed by atoms with Gasteiger partial charge in [0.15, 0.2) is 10.2 Å². The molecule has 2 heterocycles. The van der Waals surface area contributed by atoms with Crippen LogP contribution in [0.1, 0.15) is 18.2 Å². The van der Waals surface area contributed by atoms with Crippen molar-refractivity contribution in [2.24, 2.45) is 0 Å². The number of pyridine rings is 1. The fourth-order valence-electron chi connectivity index (χ4n) is 2.35. The number of fused-ring (bicyclic) bond motifs is 1. The lowest BCUT2D eigenvalue weighted by Gasteiger charge is -2.19. The van der Waals surface area contributed by atoms with Crippen molar-refractivity contribution in [3.63, 3.8) is 0 Å². The molecule has 0 aliphatic carbocycles. The molecule has 128 valence electrons. The van der Waals surface area contributed by atoms with Gasteiger partial charge in [0, 0.05) is 13.1 Å². The first kappa shape index (κ1) is 17.6. The van der Waals surface area contributed by atoms with Gasteiger partial charge in [0.1, 0.15) is 0 Å². The minimum atomic E-state index is -0.150. The molecule has 0 saturated carbocycles. The van der Waals surface area contributed by atoms with Crippen LogP contribution < -0.4 is 4.90 Å². The number of carbonyl (C=O) groups is 2. The molecule has 3 aromatic rings. The Bertz CT molecular complexity index is 909. The first-order valence-electron chi connectivity index (χ1n) is 7.74. The zero-order chi connectivity index (χ0) is 17.8. The SMILES string of the molecule is CC(=O)SCC(=O)N(Cc1ccccn1)c1nc2c(C)cccc2s1. The van der Waals surface area contributed by atoms with Crippen molar-refractivity contribution in [1.82, 2.24) is 9.97 Å². The van der Waals surface area contributed by atoms with E-state index in [0.717, 1.165) is 33.2 Å². The number of hydrogen-bond acceptors (Lipinski definition) is 6. The van der Waals surface area contributed by atoms with Crippen molar-refractivity contribution in [2.75, 3.05) is 10.7 Å². The molecule has 5 nitrogen and oxygen atoms in total. The monoisotopic (exact) mass is 371 g/mol. The van der Waals surface area contributed by atoms with Crippen LogP contribution in [0.15, 0.2) is 42.6 Å². The van der Waals surface area contributed by atoms with Crippen LogP contribution in [0, 0.1) is 6.92 Å². The van der Waals surface area contributed by atoms with Crippen LogP contribution in [-0.4, -0.2) is 26.7 Å². The lowest BCUT2D eigenvalue weighted by atomic mass is 10.2. The van der Waals surface area contributed by atoms with Gasteiger partial charge in [-0.1, -0.05) is 41.3 Å². The van der Waals surface area contributed by atoms with E-state index in [4.69, 9.17) is 0 Å². The number of rotatable bonds is 5. The number of para-hydroxylation sites is 1. The molecule has 25 heavy (non-hydrogen) atoms. The maximum Gasteiger partial charge on any atom is 0.239 e. The Morgan fingerprint density at radius 1 is 1.20 bits per heavy atom. The highest BCUT2D eigenvalue weighted by Gasteiger charge is 2.21. The van der Waals surface area contributed by atoms with Crippen molar-refractivity contribution in [3.8, 4) is 0 Å². The second-order valence-corrected chi connectivity index (χ2v) is 7.66. The minimum Gasteiger partial charge on any atom is -0.288 e. The number of amides is 1. The number of thioether (sulfide) groups is 1. The molecule has 7 heteroatoms. The zero-order valence-corrected chi connectivity index (χ0v) is 15.6. The molecule has 0 radical (unpaired) electrons. The smallest absolute Gasteiger partial charge is 0.239 e. The molecule has 1 amide bonds.